The topological polar surface area (TPSA) is 46.2 Å². The standard InChI is InChI=1S/C13H9BrCl3NO2S/c14-9-5-11(16)13(12(17)6-9)21(19,20)18-10-3-1-2-8(4-10)7-15/h1-6,18H,7H2. The summed E-state index contributed by atoms with van der Waals surface area (Å²) in [4.78, 5) is -0.162. The van der Waals surface area contributed by atoms with Crippen molar-refractivity contribution in [3.8, 4) is 0 Å². The minimum atomic E-state index is -3.89. The molecular weight excluding hydrogens is 420 g/mol. The van der Waals surface area contributed by atoms with Crippen LogP contribution in [0.4, 0.5) is 5.69 Å². The number of halogens is 4. The van der Waals surface area contributed by atoms with Crippen molar-refractivity contribution in [2.24, 2.45) is 0 Å². The highest BCUT2D eigenvalue weighted by atomic mass is 79.9. The van der Waals surface area contributed by atoms with E-state index in [0.29, 0.717) is 10.2 Å². The number of sulfonamides is 1. The number of nitrogens with one attached hydrogen (secondary N) is 1. The molecule has 0 radical (unpaired) electrons. The summed E-state index contributed by atoms with van der Waals surface area (Å²) in [5.74, 6) is 0.287. The van der Waals surface area contributed by atoms with Crippen LogP contribution >= 0.6 is 50.7 Å². The quantitative estimate of drug-likeness (QED) is 0.671. The van der Waals surface area contributed by atoms with Gasteiger partial charge in [0.15, 0.2) is 0 Å². The molecule has 0 aromatic heterocycles. The van der Waals surface area contributed by atoms with E-state index in [0.717, 1.165) is 5.56 Å². The number of benzene rings is 2. The summed E-state index contributed by atoms with van der Waals surface area (Å²) in [7, 11) is -3.89. The zero-order valence-electron chi connectivity index (χ0n) is 10.4. The molecule has 2 rings (SSSR count). The summed E-state index contributed by atoms with van der Waals surface area (Å²) in [6.07, 6.45) is 0. The largest absolute Gasteiger partial charge is 0.280 e. The van der Waals surface area contributed by atoms with Crippen LogP contribution < -0.4 is 4.72 Å². The molecule has 0 aliphatic heterocycles. The van der Waals surface area contributed by atoms with Gasteiger partial charge >= 0.3 is 0 Å². The Morgan fingerprint density at radius 3 is 2.29 bits per heavy atom. The maximum absolute atomic E-state index is 12.4. The third-order valence-corrected chi connectivity index (χ3v) is 5.63. The van der Waals surface area contributed by atoms with Crippen molar-refractivity contribution < 1.29 is 8.42 Å². The van der Waals surface area contributed by atoms with E-state index >= 15 is 0 Å². The summed E-state index contributed by atoms with van der Waals surface area (Å²) in [5, 5.41) is 0.0748. The van der Waals surface area contributed by atoms with Crippen LogP contribution in [-0.2, 0) is 15.9 Å². The van der Waals surface area contributed by atoms with Crippen molar-refractivity contribution in [2.45, 2.75) is 10.8 Å². The van der Waals surface area contributed by atoms with Crippen LogP contribution in [-0.4, -0.2) is 8.42 Å². The predicted molar refractivity (Wildman–Crippen MR) is 91.0 cm³/mol. The van der Waals surface area contributed by atoms with E-state index in [1.807, 2.05) is 0 Å². The lowest BCUT2D eigenvalue weighted by atomic mass is 10.2. The fourth-order valence-corrected chi connectivity index (χ4v) is 4.86. The molecular formula is C13H9BrCl3NO2S. The predicted octanol–water partition coefficient (Wildman–Crippen LogP) is 5.30. The number of anilines is 1. The average Bonchev–Trinajstić information content (AvgIpc) is 2.36. The summed E-state index contributed by atoms with van der Waals surface area (Å²) in [6.45, 7) is 0. The van der Waals surface area contributed by atoms with E-state index in [2.05, 4.69) is 20.7 Å². The van der Waals surface area contributed by atoms with Crippen molar-refractivity contribution in [2.75, 3.05) is 4.72 Å². The minimum absolute atomic E-state index is 0.0374. The molecule has 1 N–H and O–H groups in total. The molecule has 0 heterocycles. The molecule has 0 unspecified atom stereocenters. The van der Waals surface area contributed by atoms with Crippen LogP contribution in [0, 0.1) is 0 Å². The number of hydrogen-bond acceptors (Lipinski definition) is 2. The van der Waals surface area contributed by atoms with Crippen LogP contribution in [0.2, 0.25) is 10.0 Å². The monoisotopic (exact) mass is 427 g/mol. The molecule has 112 valence electrons. The fraction of sp³-hybridized carbons (Fsp3) is 0.0769. The molecule has 2 aromatic carbocycles. The summed E-state index contributed by atoms with van der Waals surface area (Å²) in [5.41, 5.74) is 1.19. The first-order valence-corrected chi connectivity index (χ1v) is 9.22. The summed E-state index contributed by atoms with van der Waals surface area (Å²) >= 11 is 20.9. The SMILES string of the molecule is O=S(=O)(Nc1cccc(CCl)c1)c1c(Cl)cc(Br)cc1Cl. The Balaban J connectivity index is 2.43. The van der Waals surface area contributed by atoms with Gasteiger partial charge < -0.3 is 0 Å². The van der Waals surface area contributed by atoms with Gasteiger partial charge in [0, 0.05) is 16.0 Å². The van der Waals surface area contributed by atoms with E-state index in [4.69, 9.17) is 34.8 Å². The second-order valence-electron chi connectivity index (χ2n) is 4.14. The highest BCUT2D eigenvalue weighted by molar-refractivity contribution is 9.10. The Morgan fingerprint density at radius 1 is 1.10 bits per heavy atom. The van der Waals surface area contributed by atoms with E-state index in [1.165, 1.54) is 12.1 Å². The van der Waals surface area contributed by atoms with E-state index in [1.54, 1.807) is 24.3 Å². The highest BCUT2D eigenvalue weighted by Crippen LogP contribution is 2.34. The maximum atomic E-state index is 12.4. The van der Waals surface area contributed by atoms with Crippen molar-refractivity contribution >= 4 is 66.4 Å². The molecule has 0 amide bonds. The number of rotatable bonds is 4. The minimum Gasteiger partial charge on any atom is -0.280 e. The summed E-state index contributed by atoms with van der Waals surface area (Å²) < 4.78 is 27.9. The Hall–Kier alpha value is -0.460. The van der Waals surface area contributed by atoms with Gasteiger partial charge in [-0.2, -0.15) is 0 Å². The van der Waals surface area contributed by atoms with E-state index in [9.17, 15) is 8.42 Å². The van der Waals surface area contributed by atoms with E-state index in [-0.39, 0.29) is 20.8 Å². The number of alkyl halides is 1. The molecule has 0 bridgehead atoms. The van der Waals surface area contributed by atoms with Crippen molar-refractivity contribution in [3.05, 3.63) is 56.5 Å². The molecule has 0 aliphatic carbocycles. The Morgan fingerprint density at radius 2 is 1.71 bits per heavy atom. The molecule has 0 fully saturated rings. The second kappa shape index (κ2) is 6.75. The van der Waals surface area contributed by atoms with Crippen molar-refractivity contribution in [3.63, 3.8) is 0 Å². The normalized spacial score (nSPS) is 11.4. The third kappa shape index (κ3) is 4.05. The Bertz CT molecular complexity index is 758. The second-order valence-corrected chi connectivity index (χ2v) is 7.75. The van der Waals surface area contributed by atoms with Crippen molar-refractivity contribution in [1.82, 2.24) is 0 Å². The maximum Gasteiger partial charge on any atom is 0.264 e. The van der Waals surface area contributed by atoms with Crippen LogP contribution in [0.3, 0.4) is 0 Å². The smallest absolute Gasteiger partial charge is 0.264 e. The Kier molecular flexibility index (Phi) is 5.43. The first-order chi connectivity index (χ1) is 9.83. The third-order valence-electron chi connectivity index (χ3n) is 2.57. The Labute approximate surface area is 146 Å². The van der Waals surface area contributed by atoms with Gasteiger partial charge in [0.05, 0.1) is 10.0 Å². The lowest BCUT2D eigenvalue weighted by molar-refractivity contribution is 0.601. The van der Waals surface area contributed by atoms with Gasteiger partial charge in [0.25, 0.3) is 10.0 Å². The molecule has 0 atom stereocenters. The zero-order valence-corrected chi connectivity index (χ0v) is 15.1. The van der Waals surface area contributed by atoms with Gasteiger partial charge in [-0.1, -0.05) is 51.3 Å². The van der Waals surface area contributed by atoms with E-state index < -0.39 is 10.0 Å². The highest BCUT2D eigenvalue weighted by Gasteiger charge is 2.22. The first-order valence-electron chi connectivity index (χ1n) is 5.66. The van der Waals surface area contributed by atoms with Gasteiger partial charge in [0.1, 0.15) is 4.90 Å². The molecule has 0 saturated carbocycles. The van der Waals surface area contributed by atoms with Gasteiger partial charge in [-0.05, 0) is 29.8 Å². The van der Waals surface area contributed by atoms with Crippen LogP contribution in [0.1, 0.15) is 5.56 Å². The average molecular weight is 430 g/mol. The molecule has 8 heteroatoms. The lowest BCUT2D eigenvalue weighted by Gasteiger charge is -2.12. The molecule has 3 nitrogen and oxygen atoms in total. The summed E-state index contributed by atoms with van der Waals surface area (Å²) in [6, 6.07) is 9.71. The molecule has 2 aromatic rings. The van der Waals surface area contributed by atoms with Crippen molar-refractivity contribution in [1.29, 1.82) is 0 Å². The van der Waals surface area contributed by atoms with Gasteiger partial charge in [0.2, 0.25) is 0 Å². The van der Waals surface area contributed by atoms with Gasteiger partial charge in [-0.25, -0.2) is 8.42 Å². The number of hydrogen-bond donors (Lipinski definition) is 1. The van der Waals surface area contributed by atoms with Crippen LogP contribution in [0.15, 0.2) is 45.8 Å². The molecule has 21 heavy (non-hydrogen) atoms. The lowest BCUT2D eigenvalue weighted by Crippen LogP contribution is -2.14. The molecule has 0 saturated heterocycles. The first kappa shape index (κ1) is 16.9. The zero-order chi connectivity index (χ0) is 15.6. The van der Waals surface area contributed by atoms with Crippen LogP contribution in [0.5, 0.6) is 0 Å². The molecule has 0 aliphatic rings. The molecule has 0 spiro atoms. The van der Waals surface area contributed by atoms with Gasteiger partial charge in [-0.15, -0.1) is 11.6 Å². The van der Waals surface area contributed by atoms with Gasteiger partial charge in [-0.3, -0.25) is 4.72 Å². The van der Waals surface area contributed by atoms with Crippen LogP contribution in [0.25, 0.3) is 0 Å². The fourth-order valence-electron chi connectivity index (χ4n) is 1.71.